The lowest BCUT2D eigenvalue weighted by atomic mass is 10.1. The Kier molecular flexibility index (Phi) is 7.47. The highest BCUT2D eigenvalue weighted by molar-refractivity contribution is 6.31. The Morgan fingerprint density at radius 2 is 1.97 bits per heavy atom. The van der Waals surface area contributed by atoms with Crippen LogP contribution in [0.25, 0.3) is 0 Å². The summed E-state index contributed by atoms with van der Waals surface area (Å²) in [6.45, 7) is 3.10. The molecule has 2 aromatic carbocycles. The first-order chi connectivity index (χ1) is 14.0. The summed E-state index contributed by atoms with van der Waals surface area (Å²) < 4.78 is 11.1. The van der Waals surface area contributed by atoms with E-state index in [-0.39, 0.29) is 12.4 Å². The minimum atomic E-state index is -0.728. The van der Waals surface area contributed by atoms with E-state index < -0.39 is 6.10 Å². The van der Waals surface area contributed by atoms with Gasteiger partial charge in [-0.25, -0.2) is 0 Å². The fourth-order valence-corrected chi connectivity index (χ4v) is 3.22. The van der Waals surface area contributed by atoms with Gasteiger partial charge in [-0.15, -0.1) is 0 Å². The largest absolute Gasteiger partial charge is 0.491 e. The monoisotopic (exact) mass is 413 g/mol. The van der Waals surface area contributed by atoms with E-state index in [4.69, 9.17) is 20.8 Å². The van der Waals surface area contributed by atoms with E-state index >= 15 is 0 Å². The smallest absolute Gasteiger partial charge is 0.159 e. The number of rotatable bonds is 10. The van der Waals surface area contributed by atoms with Crippen LogP contribution in [0.15, 0.2) is 71.3 Å². The maximum Gasteiger partial charge on any atom is 0.159 e. The highest BCUT2D eigenvalue weighted by Crippen LogP contribution is 2.19. The Hall–Kier alpha value is -2.60. The number of halogens is 1. The van der Waals surface area contributed by atoms with E-state index in [1.165, 1.54) is 6.92 Å². The molecule has 1 unspecified atom stereocenters. The lowest BCUT2D eigenvalue weighted by Gasteiger charge is -2.25. The van der Waals surface area contributed by atoms with Gasteiger partial charge in [-0.2, -0.15) is 0 Å². The second-order valence-electron chi connectivity index (χ2n) is 6.89. The van der Waals surface area contributed by atoms with Gasteiger partial charge in [0, 0.05) is 23.7 Å². The summed E-state index contributed by atoms with van der Waals surface area (Å²) in [6, 6.07) is 18.3. The molecule has 29 heavy (non-hydrogen) atoms. The first kappa shape index (κ1) is 21.1. The van der Waals surface area contributed by atoms with Gasteiger partial charge in [-0.1, -0.05) is 41.9 Å². The number of ketones is 1. The Labute approximate surface area is 175 Å². The molecule has 6 heteroatoms. The number of hydrogen-bond acceptors (Lipinski definition) is 5. The van der Waals surface area contributed by atoms with Gasteiger partial charge in [0.15, 0.2) is 5.78 Å². The summed E-state index contributed by atoms with van der Waals surface area (Å²) in [6.07, 6.45) is 0.901. The molecular formula is C23H24ClNO4. The van der Waals surface area contributed by atoms with Crippen molar-refractivity contribution in [2.24, 2.45) is 0 Å². The zero-order valence-electron chi connectivity index (χ0n) is 16.3. The van der Waals surface area contributed by atoms with E-state index in [0.717, 1.165) is 11.3 Å². The summed E-state index contributed by atoms with van der Waals surface area (Å²) >= 11 is 6.30. The normalized spacial score (nSPS) is 12.1. The minimum absolute atomic E-state index is 0.0274. The van der Waals surface area contributed by atoms with Crippen molar-refractivity contribution in [3.05, 3.63) is 88.8 Å². The number of hydrogen-bond donors (Lipinski definition) is 1. The van der Waals surface area contributed by atoms with Crippen molar-refractivity contribution < 1.29 is 19.1 Å². The number of benzene rings is 2. The van der Waals surface area contributed by atoms with Crippen molar-refractivity contribution in [3.63, 3.8) is 0 Å². The second kappa shape index (κ2) is 10.3. The third kappa shape index (κ3) is 6.46. The zero-order valence-corrected chi connectivity index (χ0v) is 17.0. The molecule has 0 aliphatic carbocycles. The summed E-state index contributed by atoms with van der Waals surface area (Å²) in [5.41, 5.74) is 1.55. The van der Waals surface area contributed by atoms with Crippen LogP contribution in [0.4, 0.5) is 0 Å². The highest BCUT2D eigenvalue weighted by Gasteiger charge is 2.16. The molecule has 3 rings (SSSR count). The number of carbonyl (C=O) groups is 1. The number of Topliss-reactive ketones (excluding diaryl/α,β-unsaturated/α-hetero) is 1. The molecule has 0 saturated heterocycles. The molecule has 3 aromatic rings. The first-order valence-corrected chi connectivity index (χ1v) is 9.79. The molecule has 0 amide bonds. The Morgan fingerprint density at radius 1 is 1.14 bits per heavy atom. The predicted octanol–water partition coefficient (Wildman–Crippen LogP) is 4.58. The molecule has 0 aliphatic heterocycles. The molecule has 0 spiro atoms. The lowest BCUT2D eigenvalue weighted by molar-refractivity contribution is 0.0604. The number of nitrogens with zero attached hydrogens (tertiary/aromatic N) is 1. The van der Waals surface area contributed by atoms with Crippen molar-refractivity contribution >= 4 is 17.4 Å². The average Bonchev–Trinajstić information content (AvgIpc) is 3.21. The van der Waals surface area contributed by atoms with Crippen molar-refractivity contribution in [1.82, 2.24) is 4.90 Å². The summed E-state index contributed by atoms with van der Waals surface area (Å²) in [5, 5.41) is 11.2. The van der Waals surface area contributed by atoms with Gasteiger partial charge < -0.3 is 14.3 Å². The van der Waals surface area contributed by atoms with E-state index in [0.29, 0.717) is 36.0 Å². The number of aliphatic hydroxyl groups is 1. The van der Waals surface area contributed by atoms with Crippen LogP contribution in [0.5, 0.6) is 5.75 Å². The van der Waals surface area contributed by atoms with Gasteiger partial charge >= 0.3 is 0 Å². The topological polar surface area (TPSA) is 62.9 Å². The van der Waals surface area contributed by atoms with E-state index in [1.807, 2.05) is 36.4 Å². The van der Waals surface area contributed by atoms with Gasteiger partial charge in [0.05, 0.1) is 12.8 Å². The second-order valence-corrected chi connectivity index (χ2v) is 7.30. The Bertz CT molecular complexity index is 926. The molecule has 1 atom stereocenters. The van der Waals surface area contributed by atoms with Crippen molar-refractivity contribution in [2.45, 2.75) is 26.1 Å². The summed E-state index contributed by atoms with van der Waals surface area (Å²) in [4.78, 5) is 13.6. The molecule has 1 aromatic heterocycles. The molecule has 0 saturated carbocycles. The summed E-state index contributed by atoms with van der Waals surface area (Å²) in [7, 11) is 0. The fraction of sp³-hybridized carbons (Fsp3) is 0.261. The van der Waals surface area contributed by atoms with Crippen LogP contribution in [0, 0.1) is 0 Å². The van der Waals surface area contributed by atoms with Gasteiger partial charge in [0.2, 0.25) is 0 Å². The highest BCUT2D eigenvalue weighted by atomic mass is 35.5. The van der Waals surface area contributed by atoms with Crippen LogP contribution >= 0.6 is 11.6 Å². The van der Waals surface area contributed by atoms with E-state index in [2.05, 4.69) is 4.90 Å². The van der Waals surface area contributed by atoms with E-state index in [1.54, 1.807) is 30.5 Å². The molecule has 5 nitrogen and oxygen atoms in total. The molecule has 0 radical (unpaired) electrons. The zero-order chi connectivity index (χ0) is 20.6. The maximum absolute atomic E-state index is 11.5. The Balaban J connectivity index is 1.62. The summed E-state index contributed by atoms with van der Waals surface area (Å²) in [5.74, 6) is 1.33. The van der Waals surface area contributed by atoms with Gasteiger partial charge in [-0.05, 0) is 42.8 Å². The van der Waals surface area contributed by atoms with Crippen molar-refractivity contribution in [3.8, 4) is 5.75 Å². The van der Waals surface area contributed by atoms with Gasteiger partial charge in [-0.3, -0.25) is 9.69 Å². The lowest BCUT2D eigenvalue weighted by Crippen LogP contribution is -2.35. The van der Waals surface area contributed by atoms with Crippen LogP contribution in [0.3, 0.4) is 0 Å². The van der Waals surface area contributed by atoms with Crippen LogP contribution in [0.1, 0.15) is 28.6 Å². The fourth-order valence-electron chi connectivity index (χ4n) is 3.02. The van der Waals surface area contributed by atoms with Crippen LogP contribution in [0.2, 0.25) is 5.02 Å². The van der Waals surface area contributed by atoms with Crippen molar-refractivity contribution in [2.75, 3.05) is 13.2 Å². The van der Waals surface area contributed by atoms with Crippen LogP contribution in [-0.4, -0.2) is 35.0 Å². The van der Waals surface area contributed by atoms with Gasteiger partial charge in [0.1, 0.15) is 24.2 Å². The molecule has 1 N–H and O–H groups in total. The Morgan fingerprint density at radius 3 is 2.69 bits per heavy atom. The quantitative estimate of drug-likeness (QED) is 0.493. The maximum atomic E-state index is 11.5. The average molecular weight is 414 g/mol. The first-order valence-electron chi connectivity index (χ1n) is 9.41. The standard InChI is InChI=1S/C23H24ClNO4/c1-17(26)18-7-4-8-21(12-18)29-16-20(27)14-25(15-22-9-5-11-28-22)13-19-6-2-3-10-23(19)24/h2-12,20,27H,13-16H2,1H3. The predicted molar refractivity (Wildman–Crippen MR) is 112 cm³/mol. The van der Waals surface area contributed by atoms with Gasteiger partial charge in [0.25, 0.3) is 0 Å². The molecule has 0 fully saturated rings. The van der Waals surface area contributed by atoms with Crippen LogP contribution < -0.4 is 4.74 Å². The number of aliphatic hydroxyl groups excluding tert-OH is 1. The molecule has 0 aliphatic rings. The number of furan rings is 1. The van der Waals surface area contributed by atoms with Crippen molar-refractivity contribution in [1.29, 1.82) is 0 Å². The molecule has 152 valence electrons. The SMILES string of the molecule is CC(=O)c1cccc(OCC(O)CN(Cc2ccco2)Cc2ccccc2Cl)c1. The minimum Gasteiger partial charge on any atom is -0.491 e. The van der Waals surface area contributed by atoms with E-state index in [9.17, 15) is 9.90 Å². The molecular weight excluding hydrogens is 390 g/mol. The molecule has 1 heterocycles. The molecule has 0 bridgehead atoms. The third-order valence-electron chi connectivity index (χ3n) is 4.46. The number of carbonyl (C=O) groups excluding carboxylic acids is 1. The third-order valence-corrected chi connectivity index (χ3v) is 4.83. The number of ether oxygens (including phenoxy) is 1. The van der Waals surface area contributed by atoms with Crippen LogP contribution in [-0.2, 0) is 13.1 Å².